The van der Waals surface area contributed by atoms with E-state index >= 15 is 0 Å². The van der Waals surface area contributed by atoms with Crippen LogP contribution in [-0.2, 0) is 12.3 Å². The van der Waals surface area contributed by atoms with Crippen molar-refractivity contribution in [1.29, 1.82) is 0 Å². The zero-order valence-electron chi connectivity index (χ0n) is 17.0. The molecule has 1 N–H and O–H groups in total. The van der Waals surface area contributed by atoms with Crippen LogP contribution in [0.3, 0.4) is 0 Å². The van der Waals surface area contributed by atoms with Gasteiger partial charge in [-0.15, -0.1) is 10.2 Å². The molecule has 0 bridgehead atoms. The second-order valence-corrected chi connectivity index (χ2v) is 9.43. The third kappa shape index (κ3) is 4.49. The fourth-order valence-electron chi connectivity index (χ4n) is 3.10. The van der Waals surface area contributed by atoms with Crippen LogP contribution in [0.25, 0.3) is 11.0 Å². The molecule has 0 unspecified atom stereocenters. The summed E-state index contributed by atoms with van der Waals surface area (Å²) in [4.78, 5) is 15.0. The maximum Gasteiger partial charge on any atom is 0.287 e. The Bertz CT molecular complexity index is 1180. The van der Waals surface area contributed by atoms with Crippen LogP contribution in [-0.4, -0.2) is 30.2 Å². The number of para-hydroxylation sites is 1. The molecule has 30 heavy (non-hydrogen) atoms. The van der Waals surface area contributed by atoms with E-state index in [1.165, 1.54) is 0 Å². The van der Waals surface area contributed by atoms with Gasteiger partial charge in [0.2, 0.25) is 0 Å². The van der Waals surface area contributed by atoms with Gasteiger partial charge in [0.1, 0.15) is 10.6 Å². The Hall–Kier alpha value is -2.84. The van der Waals surface area contributed by atoms with Gasteiger partial charge in [-0.25, -0.2) is 0 Å². The van der Waals surface area contributed by atoms with Crippen LogP contribution in [0, 0.1) is 6.92 Å². The predicted molar refractivity (Wildman–Crippen MR) is 122 cm³/mol. The highest BCUT2D eigenvalue weighted by molar-refractivity contribution is 8.00. The molecule has 0 aliphatic heterocycles. The Morgan fingerprint density at radius 2 is 2.00 bits per heavy atom. The van der Waals surface area contributed by atoms with Gasteiger partial charge >= 0.3 is 0 Å². The van der Waals surface area contributed by atoms with E-state index < -0.39 is 0 Å². The summed E-state index contributed by atoms with van der Waals surface area (Å²) in [5, 5.41) is 13.1. The lowest BCUT2D eigenvalue weighted by atomic mass is 10.1. The van der Waals surface area contributed by atoms with Crippen molar-refractivity contribution in [2.75, 3.05) is 19.0 Å². The highest BCUT2D eigenvalue weighted by Gasteiger charge is 2.21. The summed E-state index contributed by atoms with van der Waals surface area (Å²) < 4.78 is 6.82. The summed E-state index contributed by atoms with van der Waals surface area (Å²) >= 11 is 3.11. The average Bonchev–Trinajstić information content (AvgIpc) is 3.33. The van der Waals surface area contributed by atoms with Crippen molar-refractivity contribution < 1.29 is 9.21 Å². The molecule has 0 radical (unpaired) electrons. The number of carbonyl (C=O) groups excluding carboxylic acids is 1. The number of furan rings is 1. The Morgan fingerprint density at radius 3 is 2.77 bits per heavy atom. The van der Waals surface area contributed by atoms with Gasteiger partial charge in [-0.1, -0.05) is 53.4 Å². The predicted octanol–water partition coefficient (Wildman–Crippen LogP) is 4.88. The minimum absolute atomic E-state index is 0.217. The molecule has 4 rings (SSSR count). The number of rotatable bonds is 7. The van der Waals surface area contributed by atoms with Crippen molar-refractivity contribution in [1.82, 2.24) is 15.5 Å². The number of fused-ring (bicyclic) bond motifs is 1. The lowest BCUT2D eigenvalue weighted by molar-refractivity contribution is 0.0924. The molecule has 6 nitrogen and oxygen atoms in total. The molecule has 0 fully saturated rings. The second-order valence-electron chi connectivity index (χ2n) is 7.03. The largest absolute Gasteiger partial charge is 0.451 e. The maximum absolute atomic E-state index is 13.0. The SMILES string of the molecule is Cc1nnc(SCc2c(C(=O)NCc3cccc(N(C)C)c3)oc3ccccc23)s1. The molecular weight excluding hydrogens is 416 g/mol. The molecule has 0 spiro atoms. The number of amides is 1. The quantitative estimate of drug-likeness (QED) is 0.415. The van der Waals surface area contributed by atoms with Gasteiger partial charge in [-0.05, 0) is 30.7 Å². The van der Waals surface area contributed by atoms with E-state index in [-0.39, 0.29) is 5.91 Å². The first-order valence-electron chi connectivity index (χ1n) is 9.49. The smallest absolute Gasteiger partial charge is 0.287 e. The van der Waals surface area contributed by atoms with Crippen molar-refractivity contribution in [3.63, 3.8) is 0 Å². The molecule has 0 aliphatic rings. The van der Waals surface area contributed by atoms with Crippen molar-refractivity contribution in [3.05, 3.63) is 70.4 Å². The van der Waals surface area contributed by atoms with E-state index in [0.29, 0.717) is 23.6 Å². The van der Waals surface area contributed by atoms with Crippen LogP contribution in [0.1, 0.15) is 26.7 Å². The number of hydrogen-bond acceptors (Lipinski definition) is 7. The van der Waals surface area contributed by atoms with E-state index in [2.05, 4.69) is 21.6 Å². The van der Waals surface area contributed by atoms with Crippen LogP contribution < -0.4 is 10.2 Å². The number of benzene rings is 2. The summed E-state index contributed by atoms with van der Waals surface area (Å²) in [6, 6.07) is 15.8. The molecule has 2 aromatic heterocycles. The first-order valence-corrected chi connectivity index (χ1v) is 11.3. The monoisotopic (exact) mass is 438 g/mol. The van der Waals surface area contributed by atoms with Crippen molar-refractivity contribution >= 4 is 45.7 Å². The third-order valence-corrected chi connectivity index (χ3v) is 6.63. The van der Waals surface area contributed by atoms with E-state index in [1.54, 1.807) is 23.1 Å². The van der Waals surface area contributed by atoms with Crippen molar-refractivity contribution in [2.24, 2.45) is 0 Å². The Kier molecular flexibility index (Phi) is 6.06. The summed E-state index contributed by atoms with van der Waals surface area (Å²) in [7, 11) is 3.99. The minimum atomic E-state index is -0.217. The Balaban J connectivity index is 1.55. The number of anilines is 1. The Labute approximate surface area is 183 Å². The van der Waals surface area contributed by atoms with Gasteiger partial charge in [0.25, 0.3) is 5.91 Å². The van der Waals surface area contributed by atoms with Gasteiger partial charge in [0.05, 0.1) is 0 Å². The highest BCUT2D eigenvalue weighted by Crippen LogP contribution is 2.33. The molecule has 2 heterocycles. The normalized spacial score (nSPS) is 11.0. The number of nitrogens with one attached hydrogen (secondary N) is 1. The van der Waals surface area contributed by atoms with Crippen LogP contribution in [0.4, 0.5) is 5.69 Å². The molecule has 0 saturated carbocycles. The summed E-state index contributed by atoms with van der Waals surface area (Å²) in [5.41, 5.74) is 3.71. The third-order valence-electron chi connectivity index (χ3n) is 4.63. The topological polar surface area (TPSA) is 71.3 Å². The van der Waals surface area contributed by atoms with E-state index in [4.69, 9.17) is 4.42 Å². The fraction of sp³-hybridized carbons (Fsp3) is 0.227. The molecule has 0 saturated heterocycles. The number of nitrogens with zero attached hydrogens (tertiary/aromatic N) is 3. The maximum atomic E-state index is 13.0. The van der Waals surface area contributed by atoms with Gasteiger partial charge in [0.15, 0.2) is 10.1 Å². The number of aryl methyl sites for hydroxylation is 1. The van der Waals surface area contributed by atoms with Crippen LogP contribution in [0.15, 0.2) is 57.3 Å². The first kappa shape index (κ1) is 20.4. The molecule has 8 heteroatoms. The number of carbonyl (C=O) groups is 1. The highest BCUT2D eigenvalue weighted by atomic mass is 32.2. The zero-order valence-corrected chi connectivity index (χ0v) is 18.6. The lowest BCUT2D eigenvalue weighted by Gasteiger charge is -2.13. The van der Waals surface area contributed by atoms with Crippen molar-refractivity contribution in [2.45, 2.75) is 23.6 Å². The average molecular weight is 439 g/mol. The molecule has 1 amide bonds. The van der Waals surface area contributed by atoms with Crippen LogP contribution >= 0.6 is 23.1 Å². The van der Waals surface area contributed by atoms with Crippen LogP contribution in [0.2, 0.25) is 0 Å². The number of thioether (sulfide) groups is 1. The van der Waals surface area contributed by atoms with Gasteiger partial charge in [-0.3, -0.25) is 4.79 Å². The molecule has 0 atom stereocenters. The zero-order chi connectivity index (χ0) is 21.1. The summed E-state index contributed by atoms with van der Waals surface area (Å²) in [6.07, 6.45) is 0. The van der Waals surface area contributed by atoms with Crippen molar-refractivity contribution in [3.8, 4) is 0 Å². The van der Waals surface area contributed by atoms with Gasteiger partial charge in [0, 0.05) is 43.0 Å². The van der Waals surface area contributed by atoms with Crippen LogP contribution in [0.5, 0.6) is 0 Å². The summed E-state index contributed by atoms with van der Waals surface area (Å²) in [6.45, 7) is 2.36. The molecule has 154 valence electrons. The Morgan fingerprint density at radius 1 is 1.17 bits per heavy atom. The van der Waals surface area contributed by atoms with E-state index in [0.717, 1.165) is 31.5 Å². The first-order chi connectivity index (χ1) is 14.5. The van der Waals surface area contributed by atoms with Gasteiger partial charge in [-0.2, -0.15) is 0 Å². The molecule has 4 aromatic rings. The van der Waals surface area contributed by atoms with E-state index in [1.807, 2.05) is 68.4 Å². The van der Waals surface area contributed by atoms with Gasteiger partial charge < -0.3 is 14.6 Å². The van der Waals surface area contributed by atoms with E-state index in [9.17, 15) is 4.79 Å². The fourth-order valence-corrected chi connectivity index (χ4v) is 4.95. The summed E-state index contributed by atoms with van der Waals surface area (Å²) in [5.74, 6) is 0.726. The molecular formula is C22H22N4O2S2. The standard InChI is InChI=1S/C22H22N4O2S2/c1-14-24-25-22(30-14)29-13-18-17-9-4-5-10-19(17)28-20(18)21(27)23-12-15-7-6-8-16(11-15)26(2)3/h4-11H,12-13H2,1-3H3,(H,23,27). The second kappa shape index (κ2) is 8.89. The molecule has 2 aromatic carbocycles. The number of hydrogen-bond donors (Lipinski definition) is 1. The lowest BCUT2D eigenvalue weighted by Crippen LogP contribution is -2.23. The number of aromatic nitrogens is 2. The molecule has 0 aliphatic carbocycles. The minimum Gasteiger partial charge on any atom is -0.451 e.